The van der Waals surface area contributed by atoms with Crippen molar-refractivity contribution in [2.45, 2.75) is 81.4 Å². The summed E-state index contributed by atoms with van der Waals surface area (Å²) in [6.45, 7) is 0.751. The molecule has 3 N–H and O–H groups in total. The van der Waals surface area contributed by atoms with Gasteiger partial charge < -0.3 is 10.4 Å². The van der Waals surface area contributed by atoms with Crippen LogP contribution in [0.3, 0.4) is 0 Å². The summed E-state index contributed by atoms with van der Waals surface area (Å²) < 4.78 is 67.4. The molecule has 2 aliphatic carbocycles. The number of hydrogen-bond acceptors (Lipinski definition) is 6. The van der Waals surface area contributed by atoms with E-state index in [1.807, 2.05) is 0 Å². The van der Waals surface area contributed by atoms with Gasteiger partial charge in [0.05, 0.1) is 21.4 Å². The van der Waals surface area contributed by atoms with Crippen LogP contribution in [0.2, 0.25) is 0 Å². The second-order valence-corrected chi connectivity index (χ2v) is 13.9. The Balaban J connectivity index is 1.52. The highest BCUT2D eigenvalue weighted by atomic mass is 32.2. The number of carboxylic acids is 1. The molecule has 0 aliphatic heterocycles. The third-order valence-corrected chi connectivity index (χ3v) is 10.9. The van der Waals surface area contributed by atoms with Crippen molar-refractivity contribution in [1.82, 2.24) is 15.0 Å². The number of aromatic nitrogens is 1. The zero-order valence-corrected chi connectivity index (χ0v) is 24.5. The molecule has 5 rings (SSSR count). The average Bonchev–Trinajstić information content (AvgIpc) is 3.32. The number of carboxylic acid groups (broad SMARTS) is 1. The second kappa shape index (κ2) is 11.9. The van der Waals surface area contributed by atoms with Crippen LogP contribution < -0.4 is 10.0 Å². The van der Waals surface area contributed by atoms with Crippen molar-refractivity contribution in [3.63, 3.8) is 0 Å². The molecular formula is C29H32F3N3O5S2. The molecule has 8 nitrogen and oxygen atoms in total. The normalized spacial score (nSPS) is 20.7. The number of hydrogen-bond donors (Lipinski definition) is 3. The summed E-state index contributed by atoms with van der Waals surface area (Å²) in [6, 6.07) is 6.95. The Hall–Kier alpha value is -3.03. The molecule has 3 aromatic rings. The first-order chi connectivity index (χ1) is 19.8. The molecule has 2 fully saturated rings. The van der Waals surface area contributed by atoms with Gasteiger partial charge in [0, 0.05) is 17.0 Å². The van der Waals surface area contributed by atoms with Crippen molar-refractivity contribution in [3.8, 4) is 10.4 Å². The van der Waals surface area contributed by atoms with Gasteiger partial charge in [0.1, 0.15) is 6.04 Å². The zero-order valence-electron chi connectivity index (χ0n) is 22.9. The number of nitrogens with one attached hydrogen (secondary N) is 2. The topological polar surface area (TPSA) is 125 Å². The van der Waals surface area contributed by atoms with Gasteiger partial charge in [-0.3, -0.25) is 9.59 Å². The third kappa shape index (κ3) is 6.47. The summed E-state index contributed by atoms with van der Waals surface area (Å²) >= 11 is 1.18. The lowest BCUT2D eigenvalue weighted by Crippen LogP contribution is -2.46. The largest absolute Gasteiger partial charge is 0.481 e. The van der Waals surface area contributed by atoms with Crippen LogP contribution in [-0.4, -0.2) is 48.6 Å². The summed E-state index contributed by atoms with van der Waals surface area (Å²) in [5.74, 6) is -1.36. The molecule has 0 radical (unpaired) electrons. The molecule has 1 amide bonds. The highest BCUT2D eigenvalue weighted by Crippen LogP contribution is 2.40. The van der Waals surface area contributed by atoms with Crippen molar-refractivity contribution < 1.29 is 36.3 Å². The molecule has 2 aliphatic rings. The van der Waals surface area contributed by atoms with E-state index in [4.69, 9.17) is 10.1 Å². The fourth-order valence-corrected chi connectivity index (χ4v) is 8.19. The van der Waals surface area contributed by atoms with Crippen molar-refractivity contribution >= 4 is 44.0 Å². The zero-order chi connectivity index (χ0) is 30.2. The molecule has 42 heavy (non-hydrogen) atoms. The number of benzene rings is 2. The van der Waals surface area contributed by atoms with Gasteiger partial charge in [0.2, 0.25) is 10.0 Å². The van der Waals surface area contributed by atoms with Gasteiger partial charge in [-0.05, 0) is 43.6 Å². The van der Waals surface area contributed by atoms with Crippen LogP contribution in [-0.2, 0) is 21.2 Å². The number of rotatable bonds is 9. The Kier molecular flexibility index (Phi) is 8.64. The van der Waals surface area contributed by atoms with Crippen molar-refractivity contribution in [2.75, 3.05) is 0 Å². The van der Waals surface area contributed by atoms with E-state index in [0.717, 1.165) is 38.3 Å². The number of sulfonamides is 1. The lowest BCUT2D eigenvalue weighted by molar-refractivity contribution is -0.147. The molecule has 2 aromatic carbocycles. The standard InChI is InChI=1S/C29H32F3N3O5S2/c1-16(29(30,31)32)35-42(39,40)24-12-11-22(20-9-5-6-10-21(20)24)25-23(13-17-7-3-2-4-8-17)34-27(41-25)26(36)33-19-14-18(15-19)28(37)38/h5-6,9-12,16-19,35H,2-4,7-8,13-15H2,1H3,(H,33,36)(H,37,38)/t16-,18?,19?/m0/s1. The smallest absolute Gasteiger partial charge is 0.404 e. The minimum Gasteiger partial charge on any atom is -0.481 e. The van der Waals surface area contributed by atoms with Gasteiger partial charge in [-0.2, -0.15) is 17.9 Å². The maximum Gasteiger partial charge on any atom is 0.404 e. The molecule has 1 aromatic heterocycles. The van der Waals surface area contributed by atoms with Crippen LogP contribution in [0.4, 0.5) is 13.2 Å². The van der Waals surface area contributed by atoms with Gasteiger partial charge >= 0.3 is 12.1 Å². The minimum atomic E-state index is -4.75. The fourth-order valence-electron chi connectivity index (χ4n) is 5.71. The first-order valence-corrected chi connectivity index (χ1v) is 16.3. The van der Waals surface area contributed by atoms with E-state index >= 15 is 0 Å². The number of nitrogens with zero attached hydrogens (tertiary/aromatic N) is 1. The highest BCUT2D eigenvalue weighted by molar-refractivity contribution is 7.89. The molecule has 0 bridgehead atoms. The van der Waals surface area contributed by atoms with Crippen LogP contribution in [0, 0.1) is 11.8 Å². The molecule has 2 saturated carbocycles. The SMILES string of the molecule is C[C@H](NS(=O)(=O)c1ccc(-c2sc(C(=O)NC3CC(C(=O)O)C3)nc2CC2CCCCC2)c2ccccc12)C(F)(F)F. The highest BCUT2D eigenvalue weighted by Gasteiger charge is 2.39. The van der Waals surface area contributed by atoms with Gasteiger partial charge in [-0.15, -0.1) is 11.3 Å². The van der Waals surface area contributed by atoms with E-state index in [-0.39, 0.29) is 27.2 Å². The third-order valence-electron chi connectivity index (χ3n) is 8.16. The summed E-state index contributed by atoms with van der Waals surface area (Å²) in [4.78, 5) is 29.5. The molecule has 13 heteroatoms. The van der Waals surface area contributed by atoms with Crippen molar-refractivity contribution in [1.29, 1.82) is 0 Å². The van der Waals surface area contributed by atoms with Crippen LogP contribution in [0.25, 0.3) is 21.2 Å². The van der Waals surface area contributed by atoms with Crippen molar-refractivity contribution in [3.05, 3.63) is 47.1 Å². The lowest BCUT2D eigenvalue weighted by atomic mass is 9.80. The monoisotopic (exact) mass is 623 g/mol. The number of thiazole rings is 1. The van der Waals surface area contributed by atoms with E-state index in [9.17, 15) is 31.2 Å². The van der Waals surface area contributed by atoms with Gasteiger partial charge in [-0.25, -0.2) is 13.4 Å². The number of carbonyl (C=O) groups excluding carboxylic acids is 1. The van der Waals surface area contributed by atoms with Crippen molar-refractivity contribution in [2.24, 2.45) is 11.8 Å². The Morgan fingerprint density at radius 3 is 2.38 bits per heavy atom. The van der Waals surface area contributed by atoms with Crippen LogP contribution in [0.15, 0.2) is 41.3 Å². The maximum atomic E-state index is 13.2. The van der Waals surface area contributed by atoms with Gasteiger partial charge in [0.15, 0.2) is 5.01 Å². The van der Waals surface area contributed by atoms with Gasteiger partial charge in [-0.1, -0.05) is 62.4 Å². The lowest BCUT2D eigenvalue weighted by Gasteiger charge is -2.32. The first kappa shape index (κ1) is 30.4. The van der Waals surface area contributed by atoms with Crippen LogP contribution in [0.5, 0.6) is 0 Å². The number of fused-ring (bicyclic) bond motifs is 1. The summed E-state index contributed by atoms with van der Waals surface area (Å²) in [5.41, 5.74) is 1.36. The first-order valence-electron chi connectivity index (χ1n) is 14.0. The van der Waals surface area contributed by atoms with E-state index in [0.29, 0.717) is 41.0 Å². The fraction of sp³-hybridized carbons (Fsp3) is 0.483. The number of alkyl halides is 3. The summed E-state index contributed by atoms with van der Waals surface area (Å²) in [7, 11) is -4.52. The van der Waals surface area contributed by atoms with E-state index in [1.54, 1.807) is 35.1 Å². The summed E-state index contributed by atoms with van der Waals surface area (Å²) in [5, 5.41) is 13.0. The predicted molar refractivity (Wildman–Crippen MR) is 153 cm³/mol. The second-order valence-electron chi connectivity index (χ2n) is 11.2. The Labute approximate surface area is 245 Å². The molecule has 1 heterocycles. The number of amides is 1. The van der Waals surface area contributed by atoms with Gasteiger partial charge in [0.25, 0.3) is 5.91 Å². The number of aliphatic carboxylic acids is 1. The van der Waals surface area contributed by atoms with E-state index in [2.05, 4.69) is 5.32 Å². The molecule has 0 unspecified atom stereocenters. The van der Waals surface area contributed by atoms with E-state index in [1.165, 1.54) is 23.8 Å². The number of halogens is 3. The Morgan fingerprint density at radius 1 is 1.07 bits per heavy atom. The molecule has 0 spiro atoms. The Bertz CT molecular complexity index is 1590. The molecule has 1 atom stereocenters. The summed E-state index contributed by atoms with van der Waals surface area (Å²) in [6.07, 6.45) is 2.09. The van der Waals surface area contributed by atoms with E-state index < -0.39 is 34.1 Å². The van der Waals surface area contributed by atoms with Crippen LogP contribution >= 0.6 is 11.3 Å². The quantitative estimate of drug-likeness (QED) is 0.272. The molecular weight excluding hydrogens is 591 g/mol. The number of carbonyl (C=O) groups is 2. The van der Waals surface area contributed by atoms with Crippen LogP contribution in [0.1, 0.15) is 67.4 Å². The maximum absolute atomic E-state index is 13.2. The Morgan fingerprint density at radius 2 is 1.74 bits per heavy atom. The molecule has 0 saturated heterocycles. The minimum absolute atomic E-state index is 0.232. The average molecular weight is 624 g/mol. The molecule has 226 valence electrons. The predicted octanol–water partition coefficient (Wildman–Crippen LogP) is 5.91.